The molecule has 0 bridgehead atoms. The average Bonchev–Trinajstić information content (AvgIpc) is 2.17. The van der Waals surface area contributed by atoms with Gasteiger partial charge in [-0.1, -0.05) is 29.8 Å². The van der Waals surface area contributed by atoms with Gasteiger partial charge in [-0.2, -0.15) is 0 Å². The standard InChI is InChI=1S/C10H13ClN2O.ClH/c1-12-7-10(14)13-6-8-4-2-3-5-9(8)11;/h2-5,12H,6-7H2,1H3,(H,13,14);1H. The molecule has 15 heavy (non-hydrogen) atoms. The summed E-state index contributed by atoms with van der Waals surface area (Å²) in [6.07, 6.45) is 0. The minimum absolute atomic E-state index is 0. The average molecular weight is 249 g/mol. The molecular weight excluding hydrogens is 235 g/mol. The third-order valence-corrected chi connectivity index (χ3v) is 2.14. The molecule has 2 N–H and O–H groups in total. The number of amides is 1. The van der Waals surface area contributed by atoms with Crippen LogP contribution in [0.5, 0.6) is 0 Å². The van der Waals surface area contributed by atoms with E-state index in [0.29, 0.717) is 18.1 Å². The molecule has 0 radical (unpaired) electrons. The lowest BCUT2D eigenvalue weighted by Gasteiger charge is -2.05. The molecule has 0 atom stereocenters. The quantitative estimate of drug-likeness (QED) is 0.850. The summed E-state index contributed by atoms with van der Waals surface area (Å²) in [5.74, 6) is -0.0348. The zero-order valence-corrected chi connectivity index (χ0v) is 9.99. The predicted octanol–water partition coefficient (Wildman–Crippen LogP) is 1.60. The normalized spacial score (nSPS) is 9.20. The number of carbonyl (C=O) groups is 1. The maximum atomic E-state index is 11.1. The first-order chi connectivity index (χ1) is 6.74. The highest BCUT2D eigenvalue weighted by molar-refractivity contribution is 6.31. The van der Waals surface area contributed by atoms with Crippen LogP contribution in [0.4, 0.5) is 0 Å². The fourth-order valence-electron chi connectivity index (χ4n) is 1.06. The van der Waals surface area contributed by atoms with Gasteiger partial charge in [0.05, 0.1) is 6.54 Å². The highest BCUT2D eigenvalue weighted by atomic mass is 35.5. The Kier molecular flexibility index (Phi) is 7.13. The summed E-state index contributed by atoms with van der Waals surface area (Å²) < 4.78 is 0. The molecule has 3 nitrogen and oxygen atoms in total. The van der Waals surface area contributed by atoms with E-state index in [-0.39, 0.29) is 18.3 Å². The van der Waals surface area contributed by atoms with Crippen LogP contribution in [-0.2, 0) is 11.3 Å². The Hall–Kier alpha value is -0.770. The van der Waals surface area contributed by atoms with E-state index in [1.807, 2.05) is 18.2 Å². The lowest BCUT2D eigenvalue weighted by atomic mass is 10.2. The summed E-state index contributed by atoms with van der Waals surface area (Å²) in [4.78, 5) is 11.1. The van der Waals surface area contributed by atoms with Crippen LogP contribution in [-0.4, -0.2) is 19.5 Å². The molecule has 0 aliphatic heterocycles. The molecule has 1 rings (SSSR count). The van der Waals surface area contributed by atoms with Gasteiger partial charge < -0.3 is 10.6 Å². The van der Waals surface area contributed by atoms with Crippen molar-refractivity contribution >= 4 is 29.9 Å². The van der Waals surface area contributed by atoms with Crippen molar-refractivity contribution < 1.29 is 4.79 Å². The molecule has 0 heterocycles. The topological polar surface area (TPSA) is 41.1 Å². The van der Waals surface area contributed by atoms with Crippen molar-refractivity contribution in [2.45, 2.75) is 6.54 Å². The number of carbonyl (C=O) groups excluding carboxylic acids is 1. The van der Waals surface area contributed by atoms with Gasteiger partial charge in [0.15, 0.2) is 0 Å². The van der Waals surface area contributed by atoms with E-state index < -0.39 is 0 Å². The van der Waals surface area contributed by atoms with Crippen LogP contribution >= 0.6 is 24.0 Å². The number of hydrogen-bond acceptors (Lipinski definition) is 2. The molecule has 0 aliphatic rings. The lowest BCUT2D eigenvalue weighted by Crippen LogP contribution is -2.31. The van der Waals surface area contributed by atoms with Gasteiger partial charge in [0, 0.05) is 11.6 Å². The summed E-state index contributed by atoms with van der Waals surface area (Å²) >= 11 is 5.92. The number of likely N-dealkylation sites (N-methyl/N-ethyl adjacent to an activating group) is 1. The lowest BCUT2D eigenvalue weighted by molar-refractivity contribution is -0.120. The molecule has 0 spiro atoms. The Bertz CT molecular complexity index is 318. The van der Waals surface area contributed by atoms with Crippen molar-refractivity contribution in [2.24, 2.45) is 0 Å². The Morgan fingerprint density at radius 2 is 2.07 bits per heavy atom. The SMILES string of the molecule is CNCC(=O)NCc1ccccc1Cl.Cl. The Balaban J connectivity index is 0.00000196. The van der Waals surface area contributed by atoms with E-state index in [2.05, 4.69) is 10.6 Å². The largest absolute Gasteiger partial charge is 0.351 e. The summed E-state index contributed by atoms with van der Waals surface area (Å²) in [5.41, 5.74) is 0.929. The smallest absolute Gasteiger partial charge is 0.234 e. The Morgan fingerprint density at radius 3 is 2.67 bits per heavy atom. The summed E-state index contributed by atoms with van der Waals surface area (Å²) in [5, 5.41) is 6.21. The first-order valence-corrected chi connectivity index (χ1v) is 4.76. The predicted molar refractivity (Wildman–Crippen MR) is 64.5 cm³/mol. The maximum Gasteiger partial charge on any atom is 0.234 e. The molecule has 0 fully saturated rings. The van der Waals surface area contributed by atoms with Gasteiger partial charge >= 0.3 is 0 Å². The number of rotatable bonds is 4. The Morgan fingerprint density at radius 1 is 1.40 bits per heavy atom. The van der Waals surface area contributed by atoms with Crippen LogP contribution in [0.15, 0.2) is 24.3 Å². The highest BCUT2D eigenvalue weighted by Gasteiger charge is 2.01. The minimum Gasteiger partial charge on any atom is -0.351 e. The van der Waals surface area contributed by atoms with Gasteiger partial charge in [-0.3, -0.25) is 4.79 Å². The van der Waals surface area contributed by atoms with Crippen LogP contribution in [0, 0.1) is 0 Å². The van der Waals surface area contributed by atoms with Crippen molar-refractivity contribution in [1.82, 2.24) is 10.6 Å². The first kappa shape index (κ1) is 14.2. The van der Waals surface area contributed by atoms with E-state index in [1.54, 1.807) is 13.1 Å². The monoisotopic (exact) mass is 248 g/mol. The number of nitrogens with one attached hydrogen (secondary N) is 2. The van der Waals surface area contributed by atoms with Crippen LogP contribution in [0.3, 0.4) is 0 Å². The Labute approximate surface area is 101 Å². The van der Waals surface area contributed by atoms with Gasteiger partial charge in [0.2, 0.25) is 5.91 Å². The molecule has 1 aromatic carbocycles. The molecule has 0 saturated carbocycles. The number of hydrogen-bond donors (Lipinski definition) is 2. The van der Waals surface area contributed by atoms with Crippen LogP contribution in [0.25, 0.3) is 0 Å². The summed E-state index contributed by atoms with van der Waals surface area (Å²) in [7, 11) is 1.73. The molecule has 1 amide bonds. The molecular formula is C10H14Cl2N2O. The van der Waals surface area contributed by atoms with E-state index in [9.17, 15) is 4.79 Å². The van der Waals surface area contributed by atoms with Crippen LogP contribution in [0.1, 0.15) is 5.56 Å². The van der Waals surface area contributed by atoms with Crippen molar-refractivity contribution in [3.63, 3.8) is 0 Å². The second kappa shape index (κ2) is 7.51. The molecule has 0 saturated heterocycles. The summed E-state index contributed by atoms with van der Waals surface area (Å²) in [6, 6.07) is 7.45. The molecule has 1 aromatic rings. The maximum absolute atomic E-state index is 11.1. The molecule has 0 aliphatic carbocycles. The van der Waals surface area contributed by atoms with Gasteiger partial charge in [-0.25, -0.2) is 0 Å². The van der Waals surface area contributed by atoms with E-state index in [0.717, 1.165) is 5.56 Å². The second-order valence-electron chi connectivity index (χ2n) is 2.90. The van der Waals surface area contributed by atoms with Crippen LogP contribution in [0.2, 0.25) is 5.02 Å². The fourth-order valence-corrected chi connectivity index (χ4v) is 1.26. The second-order valence-corrected chi connectivity index (χ2v) is 3.31. The molecule has 0 unspecified atom stereocenters. The van der Waals surface area contributed by atoms with Crippen LogP contribution < -0.4 is 10.6 Å². The number of halogens is 2. The third kappa shape index (κ3) is 5.02. The fraction of sp³-hybridized carbons (Fsp3) is 0.300. The van der Waals surface area contributed by atoms with Crippen molar-refractivity contribution in [2.75, 3.05) is 13.6 Å². The van der Waals surface area contributed by atoms with Crippen molar-refractivity contribution in [3.05, 3.63) is 34.9 Å². The molecule has 5 heteroatoms. The molecule has 0 aromatic heterocycles. The zero-order valence-electron chi connectivity index (χ0n) is 8.42. The highest BCUT2D eigenvalue weighted by Crippen LogP contribution is 2.13. The van der Waals surface area contributed by atoms with Crippen molar-refractivity contribution in [3.8, 4) is 0 Å². The van der Waals surface area contributed by atoms with Gasteiger partial charge in [0.25, 0.3) is 0 Å². The van der Waals surface area contributed by atoms with Crippen molar-refractivity contribution in [1.29, 1.82) is 0 Å². The third-order valence-electron chi connectivity index (χ3n) is 1.77. The van der Waals surface area contributed by atoms with E-state index >= 15 is 0 Å². The zero-order chi connectivity index (χ0) is 10.4. The van der Waals surface area contributed by atoms with E-state index in [4.69, 9.17) is 11.6 Å². The van der Waals surface area contributed by atoms with Gasteiger partial charge in [-0.05, 0) is 18.7 Å². The van der Waals surface area contributed by atoms with Gasteiger partial charge in [-0.15, -0.1) is 12.4 Å². The van der Waals surface area contributed by atoms with E-state index in [1.165, 1.54) is 0 Å². The summed E-state index contributed by atoms with van der Waals surface area (Å²) in [6.45, 7) is 0.796. The number of benzene rings is 1. The van der Waals surface area contributed by atoms with Gasteiger partial charge in [0.1, 0.15) is 0 Å². The first-order valence-electron chi connectivity index (χ1n) is 4.38. The molecule has 84 valence electrons. The minimum atomic E-state index is -0.0348.